The number of aliphatic hydroxyl groups excluding tert-OH is 1. The highest BCUT2D eigenvalue weighted by Crippen LogP contribution is 2.19. The number of carbonyl (C=O) groups excluding carboxylic acids is 1. The third kappa shape index (κ3) is 4.60. The summed E-state index contributed by atoms with van der Waals surface area (Å²) in [5.74, 6) is -0.237. The Labute approximate surface area is 105 Å². The van der Waals surface area contributed by atoms with Crippen LogP contribution in [0.2, 0.25) is 5.02 Å². The Balaban J connectivity index is 2.39. The van der Waals surface area contributed by atoms with Gasteiger partial charge in [-0.05, 0) is 18.2 Å². The molecule has 1 amide bonds. The van der Waals surface area contributed by atoms with E-state index < -0.39 is 0 Å². The molecule has 0 aliphatic carbocycles. The second-order valence-corrected chi connectivity index (χ2v) is 3.74. The SMILES string of the molecule is Nc1ccc(C(=O)NCCOCCO)cc1Cl. The van der Waals surface area contributed by atoms with Crippen LogP contribution in [0, 0.1) is 0 Å². The quantitative estimate of drug-likeness (QED) is 0.517. The maximum absolute atomic E-state index is 11.6. The largest absolute Gasteiger partial charge is 0.398 e. The van der Waals surface area contributed by atoms with Crippen LogP contribution < -0.4 is 11.1 Å². The third-order valence-electron chi connectivity index (χ3n) is 2.03. The van der Waals surface area contributed by atoms with E-state index in [1.165, 1.54) is 6.07 Å². The molecule has 0 aliphatic heterocycles. The number of hydrogen-bond donors (Lipinski definition) is 3. The molecule has 6 heteroatoms. The van der Waals surface area contributed by atoms with Crippen molar-refractivity contribution in [1.29, 1.82) is 0 Å². The number of aliphatic hydroxyl groups is 1. The normalized spacial score (nSPS) is 10.2. The fourth-order valence-electron chi connectivity index (χ4n) is 1.17. The molecular formula is C11H15ClN2O3. The summed E-state index contributed by atoms with van der Waals surface area (Å²) in [5.41, 5.74) is 6.43. The number of benzene rings is 1. The zero-order valence-electron chi connectivity index (χ0n) is 9.28. The van der Waals surface area contributed by atoms with Crippen molar-refractivity contribution in [3.8, 4) is 0 Å². The topological polar surface area (TPSA) is 84.6 Å². The summed E-state index contributed by atoms with van der Waals surface area (Å²) in [6.45, 7) is 0.973. The molecule has 0 aromatic heterocycles. The summed E-state index contributed by atoms with van der Waals surface area (Å²) in [6.07, 6.45) is 0. The summed E-state index contributed by atoms with van der Waals surface area (Å²) in [7, 11) is 0. The lowest BCUT2D eigenvalue weighted by Gasteiger charge is -2.06. The van der Waals surface area contributed by atoms with Crippen molar-refractivity contribution in [2.75, 3.05) is 32.1 Å². The minimum absolute atomic E-state index is 0.0263. The molecule has 94 valence electrons. The summed E-state index contributed by atoms with van der Waals surface area (Å²) >= 11 is 5.80. The van der Waals surface area contributed by atoms with Crippen molar-refractivity contribution in [3.05, 3.63) is 28.8 Å². The van der Waals surface area contributed by atoms with Gasteiger partial charge in [-0.15, -0.1) is 0 Å². The maximum Gasteiger partial charge on any atom is 0.251 e. The molecule has 0 heterocycles. The van der Waals surface area contributed by atoms with Gasteiger partial charge in [0.25, 0.3) is 5.91 Å². The Morgan fingerprint density at radius 1 is 1.47 bits per heavy atom. The Hall–Kier alpha value is -1.30. The molecule has 0 saturated heterocycles. The van der Waals surface area contributed by atoms with Crippen LogP contribution in [0.25, 0.3) is 0 Å². The van der Waals surface area contributed by atoms with Gasteiger partial charge in [0.15, 0.2) is 0 Å². The van der Waals surface area contributed by atoms with Crippen LogP contribution >= 0.6 is 11.6 Å². The van der Waals surface area contributed by atoms with E-state index in [1.54, 1.807) is 12.1 Å². The molecule has 0 spiro atoms. The number of rotatable bonds is 6. The highest BCUT2D eigenvalue weighted by Gasteiger charge is 2.06. The van der Waals surface area contributed by atoms with E-state index in [4.69, 9.17) is 27.2 Å². The molecule has 0 radical (unpaired) electrons. The Kier molecular flexibility index (Phi) is 5.76. The molecule has 1 aromatic rings. The van der Waals surface area contributed by atoms with Crippen LogP contribution in [0.15, 0.2) is 18.2 Å². The number of nitrogens with one attached hydrogen (secondary N) is 1. The fourth-order valence-corrected chi connectivity index (χ4v) is 1.35. The van der Waals surface area contributed by atoms with Gasteiger partial charge in [-0.1, -0.05) is 11.6 Å². The predicted octanol–water partition coefficient (Wildman–Crippen LogP) is 0.661. The first-order chi connectivity index (χ1) is 8.15. The molecular weight excluding hydrogens is 244 g/mol. The lowest BCUT2D eigenvalue weighted by Crippen LogP contribution is -2.27. The smallest absolute Gasteiger partial charge is 0.251 e. The third-order valence-corrected chi connectivity index (χ3v) is 2.36. The van der Waals surface area contributed by atoms with Gasteiger partial charge in [0.05, 0.1) is 30.5 Å². The number of anilines is 1. The molecule has 4 N–H and O–H groups in total. The first-order valence-corrected chi connectivity index (χ1v) is 5.54. The monoisotopic (exact) mass is 258 g/mol. The van der Waals surface area contributed by atoms with Gasteiger partial charge in [0.1, 0.15) is 0 Å². The van der Waals surface area contributed by atoms with Gasteiger partial charge in [0.2, 0.25) is 0 Å². The minimum Gasteiger partial charge on any atom is -0.398 e. The van der Waals surface area contributed by atoms with Crippen molar-refractivity contribution in [3.63, 3.8) is 0 Å². The van der Waals surface area contributed by atoms with Crippen molar-refractivity contribution in [2.24, 2.45) is 0 Å². The molecule has 0 bridgehead atoms. The summed E-state index contributed by atoms with van der Waals surface area (Å²) < 4.78 is 5.00. The van der Waals surface area contributed by atoms with E-state index in [2.05, 4.69) is 5.32 Å². The Morgan fingerprint density at radius 3 is 2.88 bits per heavy atom. The van der Waals surface area contributed by atoms with Crippen molar-refractivity contribution < 1.29 is 14.6 Å². The van der Waals surface area contributed by atoms with Gasteiger partial charge >= 0.3 is 0 Å². The molecule has 0 fully saturated rings. The number of nitrogens with two attached hydrogens (primary N) is 1. The standard InChI is InChI=1S/C11H15ClN2O3/c12-9-7-8(1-2-10(9)13)11(16)14-3-5-17-6-4-15/h1-2,7,15H,3-6,13H2,(H,14,16). The summed E-state index contributed by atoms with van der Waals surface area (Å²) in [5, 5.41) is 11.5. The van der Waals surface area contributed by atoms with Crippen molar-refractivity contribution >= 4 is 23.2 Å². The van der Waals surface area contributed by atoms with Crippen LogP contribution in [0.1, 0.15) is 10.4 Å². The lowest BCUT2D eigenvalue weighted by atomic mass is 10.2. The highest BCUT2D eigenvalue weighted by molar-refractivity contribution is 6.33. The van der Waals surface area contributed by atoms with Crippen LogP contribution in [-0.4, -0.2) is 37.4 Å². The van der Waals surface area contributed by atoms with E-state index >= 15 is 0 Å². The minimum atomic E-state index is -0.237. The fraction of sp³-hybridized carbons (Fsp3) is 0.364. The molecule has 0 atom stereocenters. The van der Waals surface area contributed by atoms with Crippen LogP contribution in [0.5, 0.6) is 0 Å². The maximum atomic E-state index is 11.6. The van der Waals surface area contributed by atoms with Crippen LogP contribution in [-0.2, 0) is 4.74 Å². The Morgan fingerprint density at radius 2 is 2.24 bits per heavy atom. The first-order valence-electron chi connectivity index (χ1n) is 5.17. The molecule has 5 nitrogen and oxygen atoms in total. The zero-order chi connectivity index (χ0) is 12.7. The van der Waals surface area contributed by atoms with Gasteiger partial charge < -0.3 is 20.9 Å². The second kappa shape index (κ2) is 7.11. The van der Waals surface area contributed by atoms with Gasteiger partial charge in [-0.2, -0.15) is 0 Å². The molecule has 1 aromatic carbocycles. The van der Waals surface area contributed by atoms with Gasteiger partial charge in [-0.3, -0.25) is 4.79 Å². The number of amides is 1. The van der Waals surface area contributed by atoms with Gasteiger partial charge in [0, 0.05) is 12.1 Å². The molecule has 17 heavy (non-hydrogen) atoms. The molecule has 0 unspecified atom stereocenters. The van der Waals surface area contributed by atoms with E-state index in [0.717, 1.165) is 0 Å². The average Bonchev–Trinajstić information content (AvgIpc) is 2.32. The lowest BCUT2D eigenvalue weighted by molar-refractivity contribution is 0.0838. The van der Waals surface area contributed by atoms with E-state index in [0.29, 0.717) is 29.4 Å². The van der Waals surface area contributed by atoms with Crippen LogP contribution in [0.3, 0.4) is 0 Å². The zero-order valence-corrected chi connectivity index (χ0v) is 10.0. The number of ether oxygens (including phenoxy) is 1. The van der Waals surface area contributed by atoms with E-state index in [9.17, 15) is 4.79 Å². The molecule has 0 saturated carbocycles. The average molecular weight is 259 g/mol. The number of hydrogen-bond acceptors (Lipinski definition) is 4. The van der Waals surface area contributed by atoms with Crippen molar-refractivity contribution in [2.45, 2.75) is 0 Å². The molecule has 0 aliphatic rings. The number of halogens is 1. The highest BCUT2D eigenvalue weighted by atomic mass is 35.5. The van der Waals surface area contributed by atoms with Gasteiger partial charge in [-0.25, -0.2) is 0 Å². The predicted molar refractivity (Wildman–Crippen MR) is 66.1 cm³/mol. The number of carbonyl (C=O) groups is 1. The number of nitrogen functional groups attached to an aromatic ring is 1. The van der Waals surface area contributed by atoms with Crippen LogP contribution in [0.4, 0.5) is 5.69 Å². The Bertz CT molecular complexity index is 385. The summed E-state index contributed by atoms with van der Waals surface area (Å²) in [4.78, 5) is 11.6. The van der Waals surface area contributed by atoms with E-state index in [1.807, 2.05) is 0 Å². The van der Waals surface area contributed by atoms with E-state index in [-0.39, 0.29) is 19.1 Å². The van der Waals surface area contributed by atoms with Crippen molar-refractivity contribution in [1.82, 2.24) is 5.32 Å². The molecule has 1 rings (SSSR count). The second-order valence-electron chi connectivity index (χ2n) is 3.33. The summed E-state index contributed by atoms with van der Waals surface area (Å²) in [6, 6.07) is 4.70. The first kappa shape index (κ1) is 13.8.